The number of rotatable bonds is 2. The fourth-order valence-electron chi connectivity index (χ4n) is 2.56. The predicted molar refractivity (Wildman–Crippen MR) is 77.5 cm³/mol. The molecule has 3 heteroatoms. The number of amides is 1. The normalized spacial score (nSPS) is 17.2. The zero-order chi connectivity index (χ0) is 13.1. The summed E-state index contributed by atoms with van der Waals surface area (Å²) in [5.41, 5.74) is 1.39. The van der Waals surface area contributed by atoms with Gasteiger partial charge in [-0.25, -0.2) is 0 Å². The highest BCUT2D eigenvalue weighted by molar-refractivity contribution is 9.10. The molecule has 0 atom stereocenters. The third kappa shape index (κ3) is 3.14. The summed E-state index contributed by atoms with van der Waals surface area (Å²) in [6, 6.07) is 8.53. The molecule has 1 heterocycles. The first-order valence-corrected chi connectivity index (χ1v) is 7.41. The van der Waals surface area contributed by atoms with Crippen LogP contribution in [0.2, 0.25) is 0 Å². The van der Waals surface area contributed by atoms with Crippen molar-refractivity contribution in [2.75, 3.05) is 13.1 Å². The molecular formula is C15H20BrNO. The second kappa shape index (κ2) is 5.87. The molecule has 1 saturated heterocycles. The Bertz CT molecular complexity index is 422. The summed E-state index contributed by atoms with van der Waals surface area (Å²) < 4.78 is 1.14. The van der Waals surface area contributed by atoms with E-state index in [4.69, 9.17) is 0 Å². The molecule has 18 heavy (non-hydrogen) atoms. The molecule has 1 amide bonds. The fourth-order valence-corrected chi connectivity index (χ4v) is 2.98. The van der Waals surface area contributed by atoms with Gasteiger partial charge in [0.1, 0.15) is 0 Å². The maximum Gasteiger partial charge on any atom is 0.225 e. The Morgan fingerprint density at radius 3 is 2.56 bits per heavy atom. The topological polar surface area (TPSA) is 20.3 Å². The standard InChI is InChI=1S/C15H20BrNO/c1-11(2)15(18)17-8-6-12(7-9-17)13-4-3-5-14(16)10-13/h3-5,10-12H,6-9H2,1-2H3. The Morgan fingerprint density at radius 2 is 2.00 bits per heavy atom. The molecule has 0 saturated carbocycles. The van der Waals surface area contributed by atoms with Crippen LogP contribution in [0.1, 0.15) is 38.2 Å². The zero-order valence-corrected chi connectivity index (χ0v) is 12.6. The van der Waals surface area contributed by atoms with Crippen LogP contribution in [-0.2, 0) is 4.79 Å². The van der Waals surface area contributed by atoms with Gasteiger partial charge in [-0.3, -0.25) is 4.79 Å². The highest BCUT2D eigenvalue weighted by Crippen LogP contribution is 2.29. The molecule has 2 rings (SSSR count). The minimum Gasteiger partial charge on any atom is -0.342 e. The summed E-state index contributed by atoms with van der Waals surface area (Å²) >= 11 is 3.52. The smallest absolute Gasteiger partial charge is 0.225 e. The zero-order valence-electron chi connectivity index (χ0n) is 11.0. The van der Waals surface area contributed by atoms with E-state index in [0.717, 1.165) is 30.4 Å². The van der Waals surface area contributed by atoms with Crippen LogP contribution in [0.3, 0.4) is 0 Å². The number of piperidine rings is 1. The van der Waals surface area contributed by atoms with Crippen molar-refractivity contribution < 1.29 is 4.79 Å². The molecule has 1 aromatic carbocycles. The first kappa shape index (κ1) is 13.6. The summed E-state index contributed by atoms with van der Waals surface area (Å²) in [4.78, 5) is 13.9. The number of carbonyl (C=O) groups is 1. The van der Waals surface area contributed by atoms with Crippen LogP contribution in [0.4, 0.5) is 0 Å². The second-order valence-electron chi connectivity index (χ2n) is 5.31. The van der Waals surface area contributed by atoms with E-state index in [1.807, 2.05) is 18.7 Å². The van der Waals surface area contributed by atoms with Gasteiger partial charge in [-0.05, 0) is 36.5 Å². The van der Waals surface area contributed by atoms with E-state index in [1.54, 1.807) is 0 Å². The lowest BCUT2D eigenvalue weighted by molar-refractivity contribution is -0.135. The van der Waals surface area contributed by atoms with Gasteiger partial charge in [-0.15, -0.1) is 0 Å². The Labute approximate surface area is 117 Å². The van der Waals surface area contributed by atoms with Gasteiger partial charge in [0.2, 0.25) is 5.91 Å². The number of benzene rings is 1. The molecule has 0 aromatic heterocycles. The van der Waals surface area contributed by atoms with Gasteiger partial charge in [-0.2, -0.15) is 0 Å². The molecule has 0 radical (unpaired) electrons. The third-order valence-electron chi connectivity index (χ3n) is 3.62. The first-order chi connectivity index (χ1) is 8.58. The molecule has 0 spiro atoms. The van der Waals surface area contributed by atoms with Gasteiger partial charge >= 0.3 is 0 Å². The van der Waals surface area contributed by atoms with Crippen LogP contribution in [0.25, 0.3) is 0 Å². The van der Waals surface area contributed by atoms with Crippen LogP contribution in [0.15, 0.2) is 28.7 Å². The van der Waals surface area contributed by atoms with Gasteiger partial charge in [0.25, 0.3) is 0 Å². The highest BCUT2D eigenvalue weighted by Gasteiger charge is 2.24. The number of hydrogen-bond donors (Lipinski definition) is 0. The molecule has 1 aliphatic heterocycles. The summed E-state index contributed by atoms with van der Waals surface area (Å²) in [5.74, 6) is 1.01. The average molecular weight is 310 g/mol. The van der Waals surface area contributed by atoms with Crippen LogP contribution in [0.5, 0.6) is 0 Å². The molecule has 0 bridgehead atoms. The fraction of sp³-hybridized carbons (Fsp3) is 0.533. The van der Waals surface area contributed by atoms with Crippen LogP contribution in [-0.4, -0.2) is 23.9 Å². The van der Waals surface area contributed by atoms with E-state index in [9.17, 15) is 4.79 Å². The van der Waals surface area contributed by atoms with Crippen molar-refractivity contribution in [3.8, 4) is 0 Å². The minimum absolute atomic E-state index is 0.118. The second-order valence-corrected chi connectivity index (χ2v) is 6.22. The number of nitrogens with zero attached hydrogens (tertiary/aromatic N) is 1. The minimum atomic E-state index is 0.118. The van der Waals surface area contributed by atoms with Crippen molar-refractivity contribution in [1.29, 1.82) is 0 Å². The predicted octanol–water partition coefficient (Wildman–Crippen LogP) is 3.81. The van der Waals surface area contributed by atoms with Gasteiger partial charge in [0, 0.05) is 23.5 Å². The molecule has 1 aromatic rings. The van der Waals surface area contributed by atoms with Crippen LogP contribution >= 0.6 is 15.9 Å². The van der Waals surface area contributed by atoms with E-state index in [-0.39, 0.29) is 5.92 Å². The van der Waals surface area contributed by atoms with Gasteiger partial charge in [0.05, 0.1) is 0 Å². The SMILES string of the molecule is CC(C)C(=O)N1CCC(c2cccc(Br)c2)CC1. The molecule has 2 nitrogen and oxygen atoms in total. The Kier molecular flexibility index (Phi) is 4.44. The number of likely N-dealkylation sites (tertiary alicyclic amines) is 1. The maximum atomic E-state index is 11.9. The van der Waals surface area contributed by atoms with E-state index in [0.29, 0.717) is 11.8 Å². The first-order valence-electron chi connectivity index (χ1n) is 6.62. The maximum absolute atomic E-state index is 11.9. The summed E-state index contributed by atoms with van der Waals surface area (Å²) in [7, 11) is 0. The van der Waals surface area contributed by atoms with Crippen molar-refractivity contribution in [2.24, 2.45) is 5.92 Å². The van der Waals surface area contributed by atoms with Crippen LogP contribution in [0, 0.1) is 5.92 Å². The lowest BCUT2D eigenvalue weighted by Gasteiger charge is -2.33. The lowest BCUT2D eigenvalue weighted by atomic mass is 9.89. The third-order valence-corrected chi connectivity index (χ3v) is 4.11. The quantitative estimate of drug-likeness (QED) is 0.813. The summed E-state index contributed by atoms with van der Waals surface area (Å²) in [6.45, 7) is 5.74. The monoisotopic (exact) mass is 309 g/mol. The number of halogens is 1. The van der Waals surface area contributed by atoms with Crippen molar-refractivity contribution in [2.45, 2.75) is 32.6 Å². The van der Waals surface area contributed by atoms with E-state index in [2.05, 4.69) is 40.2 Å². The van der Waals surface area contributed by atoms with Crippen molar-refractivity contribution in [3.05, 3.63) is 34.3 Å². The van der Waals surface area contributed by atoms with E-state index in [1.165, 1.54) is 5.56 Å². The van der Waals surface area contributed by atoms with Crippen molar-refractivity contribution in [3.63, 3.8) is 0 Å². The Morgan fingerprint density at radius 1 is 1.33 bits per heavy atom. The molecule has 1 aliphatic rings. The lowest BCUT2D eigenvalue weighted by Crippen LogP contribution is -2.40. The number of carbonyl (C=O) groups excluding carboxylic acids is 1. The van der Waals surface area contributed by atoms with E-state index < -0.39 is 0 Å². The largest absolute Gasteiger partial charge is 0.342 e. The number of hydrogen-bond acceptors (Lipinski definition) is 1. The molecule has 0 aliphatic carbocycles. The molecule has 1 fully saturated rings. The van der Waals surface area contributed by atoms with Crippen LogP contribution < -0.4 is 0 Å². The van der Waals surface area contributed by atoms with Gasteiger partial charge in [0.15, 0.2) is 0 Å². The van der Waals surface area contributed by atoms with Crippen molar-refractivity contribution in [1.82, 2.24) is 4.90 Å². The Balaban J connectivity index is 1.96. The molecular weight excluding hydrogens is 290 g/mol. The summed E-state index contributed by atoms with van der Waals surface area (Å²) in [6.07, 6.45) is 2.16. The molecule has 0 unspecified atom stereocenters. The molecule has 0 N–H and O–H groups in total. The van der Waals surface area contributed by atoms with Crippen molar-refractivity contribution >= 4 is 21.8 Å². The Hall–Kier alpha value is -0.830. The summed E-state index contributed by atoms with van der Waals surface area (Å²) in [5, 5.41) is 0. The molecule has 98 valence electrons. The van der Waals surface area contributed by atoms with Gasteiger partial charge < -0.3 is 4.90 Å². The van der Waals surface area contributed by atoms with E-state index >= 15 is 0 Å². The average Bonchev–Trinajstić information content (AvgIpc) is 2.38. The highest BCUT2D eigenvalue weighted by atomic mass is 79.9. The van der Waals surface area contributed by atoms with Gasteiger partial charge in [-0.1, -0.05) is 41.9 Å².